The molecular weight excluding hydrogens is 476 g/mol. The normalized spacial score (nSPS) is 19.8. The highest BCUT2D eigenvalue weighted by molar-refractivity contribution is 5.98. The summed E-state index contributed by atoms with van der Waals surface area (Å²) in [6.07, 6.45) is 7.64. The highest BCUT2D eigenvalue weighted by Crippen LogP contribution is 2.35. The molecule has 1 aromatic carbocycles. The van der Waals surface area contributed by atoms with Gasteiger partial charge in [0.2, 0.25) is 0 Å². The molecule has 206 valence electrons. The zero-order valence-corrected chi connectivity index (χ0v) is 23.9. The first-order valence-electron chi connectivity index (χ1n) is 14.0. The maximum Gasteiger partial charge on any atom is 0.253 e. The van der Waals surface area contributed by atoms with E-state index in [-0.39, 0.29) is 18.0 Å². The van der Waals surface area contributed by atoms with Gasteiger partial charge in [0, 0.05) is 47.7 Å². The predicted octanol–water partition coefficient (Wildman–Crippen LogP) is 4.73. The van der Waals surface area contributed by atoms with Gasteiger partial charge >= 0.3 is 0 Å². The van der Waals surface area contributed by atoms with E-state index in [4.69, 9.17) is 4.74 Å². The number of rotatable bonds is 8. The summed E-state index contributed by atoms with van der Waals surface area (Å²) in [5.74, 6) is -0.148. The molecule has 0 bridgehead atoms. The topological polar surface area (TPSA) is 77.7 Å². The Balaban J connectivity index is 1.66. The summed E-state index contributed by atoms with van der Waals surface area (Å²) in [6.45, 7) is 10.4. The van der Waals surface area contributed by atoms with Crippen molar-refractivity contribution < 1.29 is 9.53 Å². The quantitative estimate of drug-likeness (QED) is 0.526. The van der Waals surface area contributed by atoms with Gasteiger partial charge in [0.1, 0.15) is 0 Å². The van der Waals surface area contributed by atoms with Gasteiger partial charge < -0.3 is 24.8 Å². The van der Waals surface area contributed by atoms with Crippen LogP contribution in [-0.2, 0) is 11.3 Å². The molecule has 38 heavy (non-hydrogen) atoms. The molecule has 1 amide bonds. The molecule has 1 aliphatic carbocycles. The molecule has 0 saturated heterocycles. The molecule has 2 N–H and O–H groups in total. The number of hydrogen-bond donors (Lipinski definition) is 2. The molecule has 7 heteroatoms. The maximum absolute atomic E-state index is 13.6. The number of nitrogens with zero attached hydrogens (tertiary/aromatic N) is 2. The van der Waals surface area contributed by atoms with E-state index in [9.17, 15) is 9.59 Å². The predicted molar refractivity (Wildman–Crippen MR) is 155 cm³/mol. The lowest BCUT2D eigenvalue weighted by Gasteiger charge is -2.40. The van der Waals surface area contributed by atoms with Gasteiger partial charge in [-0.1, -0.05) is 6.08 Å². The molecule has 1 saturated carbocycles. The minimum absolute atomic E-state index is 0.146. The van der Waals surface area contributed by atoms with Crippen molar-refractivity contribution >= 4 is 17.2 Å². The van der Waals surface area contributed by atoms with E-state index in [1.54, 1.807) is 0 Å². The largest absolute Gasteiger partial charge is 0.377 e. The van der Waals surface area contributed by atoms with Crippen molar-refractivity contribution in [1.82, 2.24) is 15.2 Å². The van der Waals surface area contributed by atoms with Crippen LogP contribution in [0.15, 0.2) is 29.1 Å². The van der Waals surface area contributed by atoms with Gasteiger partial charge in [0.15, 0.2) is 0 Å². The van der Waals surface area contributed by atoms with Crippen LogP contribution in [-0.4, -0.2) is 61.7 Å². The number of ether oxygens (including phenoxy) is 1. The number of anilines is 1. The van der Waals surface area contributed by atoms with Crippen LogP contribution in [0.3, 0.4) is 0 Å². The number of benzene rings is 1. The van der Waals surface area contributed by atoms with Crippen LogP contribution in [0.1, 0.15) is 77.3 Å². The Hall–Kier alpha value is -2.90. The van der Waals surface area contributed by atoms with Crippen LogP contribution < -0.4 is 15.8 Å². The van der Waals surface area contributed by atoms with E-state index >= 15 is 0 Å². The number of hydrogen-bond acceptors (Lipinski definition) is 5. The van der Waals surface area contributed by atoms with Crippen LogP contribution in [0, 0.1) is 20.8 Å². The summed E-state index contributed by atoms with van der Waals surface area (Å²) in [5.41, 5.74) is 7.27. The molecule has 1 fully saturated rings. The molecule has 0 radical (unpaired) electrons. The maximum atomic E-state index is 13.6. The van der Waals surface area contributed by atoms with Crippen molar-refractivity contribution in [3.8, 4) is 0 Å². The van der Waals surface area contributed by atoms with Crippen molar-refractivity contribution in [1.29, 1.82) is 0 Å². The summed E-state index contributed by atoms with van der Waals surface area (Å²) in [6, 6.07) is 7.33. The third kappa shape index (κ3) is 6.21. The zero-order chi connectivity index (χ0) is 27.4. The summed E-state index contributed by atoms with van der Waals surface area (Å²) < 4.78 is 5.56. The first-order valence-corrected chi connectivity index (χ1v) is 14.0. The highest BCUT2D eigenvalue weighted by atomic mass is 16.5. The summed E-state index contributed by atoms with van der Waals surface area (Å²) in [7, 11) is 4.35. The lowest BCUT2D eigenvalue weighted by atomic mass is 9.88. The smallest absolute Gasteiger partial charge is 0.253 e. The lowest BCUT2D eigenvalue weighted by molar-refractivity contribution is 0.0950. The van der Waals surface area contributed by atoms with Crippen LogP contribution in [0.2, 0.25) is 0 Å². The Morgan fingerprint density at radius 2 is 1.79 bits per heavy atom. The zero-order valence-electron chi connectivity index (χ0n) is 23.9. The number of carbonyl (C=O) groups is 1. The SMILES string of the molecule is CCN(c1cc(C2=CCOCC2)cc(C(=O)NCc2c(C)cc(C)[nH]c2=O)c1C)C1CCC(N(C)C)CC1. The van der Waals surface area contributed by atoms with Crippen molar-refractivity contribution in [2.24, 2.45) is 0 Å². The Kier molecular flexibility index (Phi) is 9.11. The second-order valence-electron chi connectivity index (χ2n) is 11.1. The number of carbonyl (C=O) groups excluding carboxylic acids is 1. The van der Waals surface area contributed by atoms with E-state index < -0.39 is 0 Å². The number of H-pyrrole nitrogens is 1. The number of nitrogens with one attached hydrogen (secondary N) is 2. The molecule has 0 spiro atoms. The number of pyridine rings is 1. The van der Waals surface area contributed by atoms with Gasteiger partial charge in [-0.25, -0.2) is 0 Å². The fourth-order valence-corrected chi connectivity index (χ4v) is 6.08. The van der Waals surface area contributed by atoms with Gasteiger partial charge in [-0.2, -0.15) is 0 Å². The molecule has 1 aromatic heterocycles. The van der Waals surface area contributed by atoms with Gasteiger partial charge in [0.25, 0.3) is 11.5 Å². The van der Waals surface area contributed by atoms with Crippen LogP contribution in [0.4, 0.5) is 5.69 Å². The van der Waals surface area contributed by atoms with Crippen molar-refractivity contribution in [2.45, 2.75) is 78.4 Å². The third-order valence-corrected chi connectivity index (χ3v) is 8.37. The molecular formula is C31H44N4O3. The number of aryl methyl sites for hydroxylation is 2. The monoisotopic (exact) mass is 520 g/mol. The van der Waals surface area contributed by atoms with Crippen molar-refractivity contribution in [2.75, 3.05) is 38.8 Å². The van der Waals surface area contributed by atoms with Gasteiger partial charge in [-0.3, -0.25) is 9.59 Å². The van der Waals surface area contributed by atoms with E-state index in [2.05, 4.69) is 60.2 Å². The Morgan fingerprint density at radius 3 is 2.39 bits per heavy atom. The van der Waals surface area contributed by atoms with Crippen molar-refractivity contribution in [3.05, 3.63) is 68.1 Å². The second kappa shape index (κ2) is 12.3. The summed E-state index contributed by atoms with van der Waals surface area (Å²) in [5, 5.41) is 3.04. The highest BCUT2D eigenvalue weighted by Gasteiger charge is 2.28. The third-order valence-electron chi connectivity index (χ3n) is 8.37. The molecule has 7 nitrogen and oxygen atoms in total. The minimum atomic E-state index is -0.148. The number of amides is 1. The van der Waals surface area contributed by atoms with Gasteiger partial charge in [-0.05, 0) is 114 Å². The van der Waals surface area contributed by atoms with E-state index in [1.807, 2.05) is 26.0 Å². The average molecular weight is 521 g/mol. The second-order valence-corrected chi connectivity index (χ2v) is 11.1. The first kappa shape index (κ1) is 28.1. The Morgan fingerprint density at radius 1 is 1.08 bits per heavy atom. The molecule has 2 aromatic rings. The molecule has 0 atom stereocenters. The first-order chi connectivity index (χ1) is 18.2. The molecule has 4 rings (SSSR count). The molecule has 0 unspecified atom stereocenters. The standard InChI is InChI=1S/C31H44N4O3/c1-7-35(26-10-8-25(9-11-26)34(5)6)29-18-24(23-12-14-38-15-13-23)17-27(22(29)4)30(36)32-19-28-20(2)16-21(3)33-31(28)37/h12,16-18,25-26H,7-11,13-15,19H2,1-6H3,(H,32,36)(H,33,37). The van der Waals surface area contributed by atoms with Crippen molar-refractivity contribution in [3.63, 3.8) is 0 Å². The Bertz CT molecular complexity index is 1240. The average Bonchev–Trinajstić information content (AvgIpc) is 2.90. The fourth-order valence-electron chi connectivity index (χ4n) is 6.08. The fraction of sp³-hybridized carbons (Fsp3) is 0.548. The minimum Gasteiger partial charge on any atom is -0.377 e. The number of aromatic amines is 1. The van der Waals surface area contributed by atoms with Crippen LogP contribution >= 0.6 is 0 Å². The molecule has 1 aliphatic heterocycles. The number of aromatic nitrogens is 1. The van der Waals surface area contributed by atoms with Gasteiger partial charge in [-0.15, -0.1) is 0 Å². The lowest BCUT2D eigenvalue weighted by Crippen LogP contribution is -2.42. The van der Waals surface area contributed by atoms with Crippen LogP contribution in [0.25, 0.3) is 5.57 Å². The molecule has 2 aliphatic rings. The summed E-state index contributed by atoms with van der Waals surface area (Å²) in [4.78, 5) is 33.9. The van der Waals surface area contributed by atoms with Crippen LogP contribution in [0.5, 0.6) is 0 Å². The summed E-state index contributed by atoms with van der Waals surface area (Å²) >= 11 is 0. The van der Waals surface area contributed by atoms with Gasteiger partial charge in [0.05, 0.1) is 13.2 Å². The molecule has 2 heterocycles. The van der Waals surface area contributed by atoms with E-state index in [0.717, 1.165) is 53.9 Å². The van der Waals surface area contributed by atoms with E-state index in [1.165, 1.54) is 18.4 Å². The Labute approximate surface area is 227 Å². The van der Waals surface area contributed by atoms with E-state index in [0.29, 0.717) is 36.4 Å².